The van der Waals surface area contributed by atoms with Crippen molar-refractivity contribution in [2.45, 2.75) is 45.3 Å². The number of amides is 2. The summed E-state index contributed by atoms with van der Waals surface area (Å²) in [4.78, 5) is 29.1. The zero-order valence-corrected chi connectivity index (χ0v) is 18.3. The molecule has 1 aromatic carbocycles. The number of anilines is 2. The van der Waals surface area contributed by atoms with E-state index in [-0.39, 0.29) is 30.5 Å². The Balaban J connectivity index is 1.49. The highest BCUT2D eigenvalue weighted by Crippen LogP contribution is 2.26. The molecule has 0 unspecified atom stereocenters. The fraction of sp³-hybridized carbons (Fsp3) is 0.636. The number of nitrogens with one attached hydrogen (secondary N) is 1. The Bertz CT molecular complexity index is 773. The van der Waals surface area contributed by atoms with Crippen LogP contribution in [0.1, 0.15) is 33.6 Å². The summed E-state index contributed by atoms with van der Waals surface area (Å²) in [5.74, 6) is -1.75. The summed E-state index contributed by atoms with van der Waals surface area (Å²) in [5.41, 5.74) is 1.68. The lowest BCUT2D eigenvalue weighted by atomic mass is 9.92. The van der Waals surface area contributed by atoms with Gasteiger partial charge in [-0.05, 0) is 71.0 Å². The summed E-state index contributed by atoms with van der Waals surface area (Å²) < 4.78 is 37.7. The molecule has 0 radical (unpaired) electrons. The molecule has 0 saturated carbocycles. The Morgan fingerprint density at radius 3 is 1.94 bits per heavy atom. The fourth-order valence-corrected chi connectivity index (χ4v) is 4.16. The highest BCUT2D eigenvalue weighted by atomic mass is 19.4. The lowest BCUT2D eigenvalue weighted by Crippen LogP contribution is -2.52. The predicted octanol–water partition coefficient (Wildman–Crippen LogP) is 3.35. The van der Waals surface area contributed by atoms with E-state index in [0.29, 0.717) is 18.8 Å². The van der Waals surface area contributed by atoms with E-state index in [1.165, 1.54) is 0 Å². The molecule has 0 aliphatic carbocycles. The van der Waals surface area contributed by atoms with Gasteiger partial charge in [-0.3, -0.25) is 14.5 Å². The van der Waals surface area contributed by atoms with Crippen LogP contribution in [-0.4, -0.2) is 72.6 Å². The quantitative estimate of drug-likeness (QED) is 0.783. The number of hydrogen-bond acceptors (Lipinski definition) is 4. The van der Waals surface area contributed by atoms with Crippen LogP contribution in [0.2, 0.25) is 0 Å². The normalized spacial score (nSPS) is 19.4. The molecule has 2 heterocycles. The van der Waals surface area contributed by atoms with Gasteiger partial charge in [-0.25, -0.2) is 0 Å². The molecule has 0 spiro atoms. The molecule has 2 aliphatic rings. The van der Waals surface area contributed by atoms with Crippen molar-refractivity contribution in [3.8, 4) is 0 Å². The van der Waals surface area contributed by atoms with Crippen LogP contribution in [-0.2, 0) is 9.59 Å². The van der Waals surface area contributed by atoms with Crippen molar-refractivity contribution in [3.63, 3.8) is 0 Å². The first-order valence-electron chi connectivity index (χ1n) is 10.7. The van der Waals surface area contributed by atoms with Crippen LogP contribution in [0.25, 0.3) is 0 Å². The van der Waals surface area contributed by atoms with E-state index >= 15 is 0 Å². The van der Waals surface area contributed by atoms with Crippen molar-refractivity contribution < 1.29 is 22.8 Å². The molecular weight excluding hydrogens is 409 g/mol. The number of alkyl halides is 3. The van der Waals surface area contributed by atoms with Gasteiger partial charge in [-0.1, -0.05) is 0 Å². The molecule has 0 aromatic heterocycles. The SMILES string of the molecule is CC(C)(C)N1CCC(C(=O)Nc2ccc(N3CCN(C(=O)C(F)(F)F)CC3)cc2)CC1. The van der Waals surface area contributed by atoms with E-state index in [2.05, 4.69) is 31.0 Å². The fourth-order valence-electron chi connectivity index (χ4n) is 4.16. The number of carbonyl (C=O) groups excluding carboxylic acids is 2. The van der Waals surface area contributed by atoms with Gasteiger partial charge in [0.1, 0.15) is 0 Å². The Morgan fingerprint density at radius 1 is 0.903 bits per heavy atom. The van der Waals surface area contributed by atoms with E-state index in [1.807, 2.05) is 29.2 Å². The maximum Gasteiger partial charge on any atom is 0.471 e. The van der Waals surface area contributed by atoms with Gasteiger partial charge in [0.2, 0.25) is 5.91 Å². The highest BCUT2D eigenvalue weighted by molar-refractivity contribution is 5.92. The number of rotatable bonds is 3. The molecule has 0 atom stereocenters. The second kappa shape index (κ2) is 9.06. The third-order valence-corrected chi connectivity index (χ3v) is 6.12. The first-order chi connectivity index (χ1) is 14.4. The van der Waals surface area contributed by atoms with Crippen molar-refractivity contribution in [2.75, 3.05) is 49.5 Å². The smallest absolute Gasteiger partial charge is 0.368 e. The molecular formula is C22H31F3N4O2. The van der Waals surface area contributed by atoms with Gasteiger partial charge in [0.05, 0.1) is 0 Å². The molecule has 2 saturated heterocycles. The van der Waals surface area contributed by atoms with Gasteiger partial charge >= 0.3 is 12.1 Å². The highest BCUT2D eigenvalue weighted by Gasteiger charge is 2.43. The van der Waals surface area contributed by atoms with Crippen LogP contribution in [0, 0.1) is 5.92 Å². The van der Waals surface area contributed by atoms with Gasteiger partial charge in [0.15, 0.2) is 0 Å². The zero-order chi connectivity index (χ0) is 22.8. The maximum atomic E-state index is 12.6. The molecule has 2 aliphatic heterocycles. The van der Waals surface area contributed by atoms with Crippen LogP contribution in [0.4, 0.5) is 24.5 Å². The summed E-state index contributed by atoms with van der Waals surface area (Å²) in [6.07, 6.45) is -3.16. The summed E-state index contributed by atoms with van der Waals surface area (Å²) in [5, 5.41) is 2.98. The van der Waals surface area contributed by atoms with Crippen molar-refractivity contribution in [1.82, 2.24) is 9.80 Å². The van der Waals surface area contributed by atoms with Gasteiger partial charge in [-0.2, -0.15) is 13.2 Å². The first-order valence-corrected chi connectivity index (χ1v) is 10.7. The molecule has 3 rings (SSSR count). The zero-order valence-electron chi connectivity index (χ0n) is 18.3. The second-order valence-electron chi connectivity index (χ2n) is 9.25. The molecule has 0 bridgehead atoms. The topological polar surface area (TPSA) is 55.9 Å². The van der Waals surface area contributed by atoms with Gasteiger partial charge < -0.3 is 15.1 Å². The third-order valence-electron chi connectivity index (χ3n) is 6.12. The second-order valence-corrected chi connectivity index (χ2v) is 9.25. The van der Waals surface area contributed by atoms with E-state index in [0.717, 1.165) is 36.5 Å². The van der Waals surface area contributed by atoms with E-state index in [9.17, 15) is 22.8 Å². The molecule has 31 heavy (non-hydrogen) atoms. The van der Waals surface area contributed by atoms with Crippen LogP contribution in [0.5, 0.6) is 0 Å². The molecule has 9 heteroatoms. The summed E-state index contributed by atoms with van der Waals surface area (Å²) >= 11 is 0. The van der Waals surface area contributed by atoms with Gasteiger partial charge in [0, 0.05) is 49.0 Å². The average Bonchev–Trinajstić information content (AvgIpc) is 2.73. The van der Waals surface area contributed by atoms with Gasteiger partial charge in [-0.15, -0.1) is 0 Å². The molecule has 1 aromatic rings. The van der Waals surface area contributed by atoms with Crippen molar-refractivity contribution in [2.24, 2.45) is 5.92 Å². The monoisotopic (exact) mass is 440 g/mol. The lowest BCUT2D eigenvalue weighted by molar-refractivity contribution is -0.185. The Labute approximate surface area is 181 Å². The number of benzene rings is 1. The number of piperidine rings is 1. The van der Waals surface area contributed by atoms with E-state index < -0.39 is 12.1 Å². The molecule has 1 N–H and O–H groups in total. The van der Waals surface area contributed by atoms with Crippen LogP contribution in [0.15, 0.2) is 24.3 Å². The predicted molar refractivity (Wildman–Crippen MR) is 114 cm³/mol. The van der Waals surface area contributed by atoms with Crippen LogP contribution < -0.4 is 10.2 Å². The van der Waals surface area contributed by atoms with Crippen LogP contribution in [0.3, 0.4) is 0 Å². The standard InChI is InChI=1S/C22H31F3N4O2/c1-21(2,3)29-10-8-16(9-11-29)19(30)26-17-4-6-18(7-5-17)27-12-14-28(15-13-27)20(31)22(23,24)25/h4-7,16H,8-15H2,1-3H3,(H,26,30). The maximum absolute atomic E-state index is 12.6. The summed E-state index contributed by atoms with van der Waals surface area (Å²) in [6, 6.07) is 7.31. The Hall–Kier alpha value is -2.29. The van der Waals surface area contributed by atoms with Crippen molar-refractivity contribution in [1.29, 1.82) is 0 Å². The van der Waals surface area contributed by atoms with Crippen molar-refractivity contribution in [3.05, 3.63) is 24.3 Å². The number of hydrogen-bond donors (Lipinski definition) is 1. The summed E-state index contributed by atoms with van der Waals surface area (Å²) in [7, 11) is 0. The minimum absolute atomic E-state index is 0.00229. The number of carbonyl (C=O) groups is 2. The van der Waals surface area contributed by atoms with Crippen molar-refractivity contribution >= 4 is 23.2 Å². The number of halogens is 3. The molecule has 172 valence electrons. The minimum Gasteiger partial charge on any atom is -0.368 e. The molecule has 6 nitrogen and oxygen atoms in total. The number of likely N-dealkylation sites (tertiary alicyclic amines) is 1. The lowest BCUT2D eigenvalue weighted by Gasteiger charge is -2.40. The van der Waals surface area contributed by atoms with Crippen LogP contribution >= 0.6 is 0 Å². The van der Waals surface area contributed by atoms with E-state index in [4.69, 9.17) is 0 Å². The molecule has 2 amide bonds. The Kier molecular flexibility index (Phi) is 6.83. The summed E-state index contributed by atoms with van der Waals surface area (Å²) in [6.45, 7) is 9.09. The Morgan fingerprint density at radius 2 is 1.45 bits per heavy atom. The molecule has 2 fully saturated rings. The minimum atomic E-state index is -4.83. The number of nitrogens with zero attached hydrogens (tertiary/aromatic N) is 3. The largest absolute Gasteiger partial charge is 0.471 e. The van der Waals surface area contributed by atoms with Gasteiger partial charge in [0.25, 0.3) is 0 Å². The third kappa shape index (κ3) is 5.90. The number of piperazine rings is 1. The first kappa shape index (κ1) is 23.4. The average molecular weight is 441 g/mol. The van der Waals surface area contributed by atoms with E-state index in [1.54, 1.807) is 0 Å².